The Morgan fingerprint density at radius 1 is 1.29 bits per heavy atom. The number of aromatic amines is 1. The molecular formula is C22H23N3O3. The Kier molecular flexibility index (Phi) is 4.91. The Morgan fingerprint density at radius 3 is 2.39 bits per heavy atom. The SMILES string of the molecule is C#Cc1cc(C2CC2)c(C(=O)N[C@H](Cc2cnc[nH]2)C(=O)OC)c(C2CC2)c1. The largest absolute Gasteiger partial charge is 0.467 e. The Labute approximate surface area is 164 Å². The number of nitrogens with one attached hydrogen (secondary N) is 2. The van der Waals surface area contributed by atoms with E-state index in [1.807, 2.05) is 12.1 Å². The van der Waals surface area contributed by atoms with Crippen molar-refractivity contribution in [1.29, 1.82) is 0 Å². The van der Waals surface area contributed by atoms with Gasteiger partial charge in [-0.2, -0.15) is 0 Å². The molecule has 0 aliphatic heterocycles. The molecule has 144 valence electrons. The molecule has 1 aromatic carbocycles. The van der Waals surface area contributed by atoms with E-state index < -0.39 is 12.0 Å². The van der Waals surface area contributed by atoms with Gasteiger partial charge >= 0.3 is 5.97 Å². The Balaban J connectivity index is 1.66. The highest BCUT2D eigenvalue weighted by molar-refractivity contribution is 6.00. The van der Waals surface area contributed by atoms with E-state index in [2.05, 4.69) is 21.2 Å². The summed E-state index contributed by atoms with van der Waals surface area (Å²) in [6.45, 7) is 0. The molecule has 2 saturated carbocycles. The molecule has 0 radical (unpaired) electrons. The number of esters is 1. The number of rotatable bonds is 7. The third-order valence-corrected chi connectivity index (χ3v) is 5.40. The highest BCUT2D eigenvalue weighted by atomic mass is 16.5. The van der Waals surface area contributed by atoms with Crippen molar-refractivity contribution < 1.29 is 14.3 Å². The number of terminal acetylenes is 1. The van der Waals surface area contributed by atoms with E-state index in [4.69, 9.17) is 11.2 Å². The van der Waals surface area contributed by atoms with Crippen molar-refractivity contribution >= 4 is 11.9 Å². The summed E-state index contributed by atoms with van der Waals surface area (Å²) in [5, 5.41) is 2.89. The van der Waals surface area contributed by atoms with E-state index in [-0.39, 0.29) is 5.91 Å². The van der Waals surface area contributed by atoms with E-state index >= 15 is 0 Å². The molecule has 0 saturated heterocycles. The normalized spacial score (nSPS) is 16.9. The second-order valence-corrected chi connectivity index (χ2v) is 7.55. The van der Waals surface area contributed by atoms with Crippen LogP contribution in [0.1, 0.15) is 70.3 Å². The number of hydrogen-bond donors (Lipinski definition) is 2. The molecule has 2 aliphatic rings. The standard InChI is InChI=1S/C22H23N3O3/c1-3-13-8-17(14-4-5-14)20(18(9-13)15-6-7-15)21(26)25-19(22(27)28-2)10-16-11-23-12-24-16/h1,8-9,11-12,14-15,19H,4-7,10H2,2H3,(H,23,24)(H,25,26)/t19-/m1/s1. The van der Waals surface area contributed by atoms with Gasteiger partial charge in [-0.25, -0.2) is 9.78 Å². The van der Waals surface area contributed by atoms with Gasteiger partial charge in [0.2, 0.25) is 0 Å². The lowest BCUT2D eigenvalue weighted by atomic mass is 9.91. The maximum atomic E-state index is 13.3. The van der Waals surface area contributed by atoms with Crippen LogP contribution in [-0.2, 0) is 16.0 Å². The number of methoxy groups -OCH3 is 1. The zero-order valence-corrected chi connectivity index (χ0v) is 15.8. The number of amides is 1. The molecular weight excluding hydrogens is 354 g/mol. The van der Waals surface area contributed by atoms with E-state index in [0.717, 1.165) is 48.1 Å². The summed E-state index contributed by atoms with van der Waals surface area (Å²) < 4.78 is 4.90. The average molecular weight is 377 g/mol. The van der Waals surface area contributed by atoms with Crippen molar-refractivity contribution in [2.75, 3.05) is 7.11 Å². The molecule has 0 unspecified atom stereocenters. The Morgan fingerprint density at radius 2 is 1.93 bits per heavy atom. The molecule has 2 aromatic rings. The number of carbonyl (C=O) groups is 2. The lowest BCUT2D eigenvalue weighted by molar-refractivity contribution is -0.142. The number of nitrogens with zero attached hydrogens (tertiary/aromatic N) is 1. The van der Waals surface area contributed by atoms with Gasteiger partial charge in [0.25, 0.3) is 5.91 Å². The van der Waals surface area contributed by atoms with Gasteiger partial charge in [-0.3, -0.25) is 4.79 Å². The molecule has 6 heteroatoms. The quantitative estimate of drug-likeness (QED) is 0.574. The van der Waals surface area contributed by atoms with Crippen molar-refractivity contribution in [3.63, 3.8) is 0 Å². The summed E-state index contributed by atoms with van der Waals surface area (Å²) in [7, 11) is 1.32. The van der Waals surface area contributed by atoms with Crippen molar-refractivity contribution in [2.24, 2.45) is 0 Å². The zero-order valence-electron chi connectivity index (χ0n) is 15.8. The van der Waals surface area contributed by atoms with Crippen molar-refractivity contribution in [3.05, 3.63) is 52.6 Å². The first-order valence-corrected chi connectivity index (χ1v) is 9.61. The molecule has 2 fully saturated rings. The van der Waals surface area contributed by atoms with Crippen molar-refractivity contribution in [2.45, 2.75) is 50.0 Å². The van der Waals surface area contributed by atoms with Crippen LogP contribution < -0.4 is 5.32 Å². The molecule has 0 spiro atoms. The minimum atomic E-state index is -0.788. The molecule has 1 amide bonds. The van der Waals surface area contributed by atoms with Gasteiger partial charge in [0.1, 0.15) is 6.04 Å². The van der Waals surface area contributed by atoms with E-state index in [9.17, 15) is 9.59 Å². The van der Waals surface area contributed by atoms with Gasteiger partial charge < -0.3 is 15.0 Å². The summed E-state index contributed by atoms with van der Waals surface area (Å²) in [5.74, 6) is 2.75. The molecule has 0 bridgehead atoms. The monoisotopic (exact) mass is 377 g/mol. The van der Waals surface area contributed by atoms with Crippen molar-refractivity contribution in [1.82, 2.24) is 15.3 Å². The van der Waals surface area contributed by atoms with Gasteiger partial charge in [-0.05, 0) is 60.8 Å². The predicted octanol–water partition coefficient (Wildman–Crippen LogP) is 2.66. The van der Waals surface area contributed by atoms with Gasteiger partial charge in [0.15, 0.2) is 0 Å². The number of benzene rings is 1. The van der Waals surface area contributed by atoms with Gasteiger partial charge in [0.05, 0.1) is 13.4 Å². The second-order valence-electron chi connectivity index (χ2n) is 7.55. The number of aromatic nitrogens is 2. The van der Waals surface area contributed by atoms with Gasteiger partial charge in [0, 0.05) is 29.4 Å². The zero-order chi connectivity index (χ0) is 19.7. The lowest BCUT2D eigenvalue weighted by Gasteiger charge is -2.20. The fraction of sp³-hybridized carbons (Fsp3) is 0.409. The topological polar surface area (TPSA) is 84.1 Å². The maximum Gasteiger partial charge on any atom is 0.328 e. The second kappa shape index (κ2) is 7.51. The number of imidazole rings is 1. The summed E-state index contributed by atoms with van der Waals surface area (Å²) in [6, 6.07) is 3.13. The number of H-pyrrole nitrogens is 1. The summed E-state index contributed by atoms with van der Waals surface area (Å²) in [6.07, 6.45) is 13.4. The third-order valence-electron chi connectivity index (χ3n) is 5.40. The summed E-state index contributed by atoms with van der Waals surface area (Å²) in [5.41, 5.74) is 4.30. The Bertz CT molecular complexity index is 901. The van der Waals surface area contributed by atoms with Crippen LogP contribution in [0.4, 0.5) is 0 Å². The number of hydrogen-bond acceptors (Lipinski definition) is 4. The van der Waals surface area contributed by atoms with Crippen LogP contribution in [0.25, 0.3) is 0 Å². The Hall–Kier alpha value is -3.07. The fourth-order valence-electron chi connectivity index (χ4n) is 3.65. The summed E-state index contributed by atoms with van der Waals surface area (Å²) >= 11 is 0. The van der Waals surface area contributed by atoms with Crippen molar-refractivity contribution in [3.8, 4) is 12.3 Å². The molecule has 28 heavy (non-hydrogen) atoms. The minimum absolute atomic E-state index is 0.234. The highest BCUT2D eigenvalue weighted by Crippen LogP contribution is 2.48. The van der Waals surface area contributed by atoms with Gasteiger partial charge in [-0.1, -0.05) is 5.92 Å². The fourth-order valence-corrected chi connectivity index (χ4v) is 3.65. The molecule has 1 aromatic heterocycles. The molecule has 2 aliphatic carbocycles. The van der Waals surface area contributed by atoms with Crippen LogP contribution in [0.5, 0.6) is 0 Å². The first-order valence-electron chi connectivity index (χ1n) is 9.61. The summed E-state index contributed by atoms with van der Waals surface area (Å²) in [4.78, 5) is 32.5. The van der Waals surface area contributed by atoms with Crippen LogP contribution in [0.2, 0.25) is 0 Å². The van der Waals surface area contributed by atoms with Crippen LogP contribution in [0.3, 0.4) is 0 Å². The third kappa shape index (κ3) is 3.79. The smallest absolute Gasteiger partial charge is 0.328 e. The average Bonchev–Trinajstić information content (AvgIpc) is 3.64. The molecule has 4 rings (SSSR count). The van der Waals surface area contributed by atoms with Gasteiger partial charge in [-0.15, -0.1) is 6.42 Å². The van der Waals surface area contributed by atoms with E-state index in [1.54, 1.807) is 12.5 Å². The van der Waals surface area contributed by atoms with Crippen LogP contribution >= 0.6 is 0 Å². The van der Waals surface area contributed by atoms with Crippen LogP contribution in [-0.4, -0.2) is 35.0 Å². The first kappa shape index (κ1) is 18.3. The maximum absolute atomic E-state index is 13.3. The lowest BCUT2D eigenvalue weighted by Crippen LogP contribution is -2.43. The molecule has 1 atom stereocenters. The first-order chi connectivity index (χ1) is 13.6. The molecule has 1 heterocycles. The highest BCUT2D eigenvalue weighted by Gasteiger charge is 2.36. The predicted molar refractivity (Wildman–Crippen MR) is 104 cm³/mol. The molecule has 6 nitrogen and oxygen atoms in total. The number of ether oxygens (including phenoxy) is 1. The van der Waals surface area contributed by atoms with Crippen LogP contribution in [0.15, 0.2) is 24.7 Å². The van der Waals surface area contributed by atoms with E-state index in [1.165, 1.54) is 7.11 Å². The molecule has 2 N–H and O–H groups in total. The van der Waals surface area contributed by atoms with Crippen LogP contribution in [0, 0.1) is 12.3 Å². The van der Waals surface area contributed by atoms with E-state index in [0.29, 0.717) is 23.8 Å². The minimum Gasteiger partial charge on any atom is -0.467 e. The number of carbonyl (C=O) groups excluding carboxylic acids is 2.